The predicted molar refractivity (Wildman–Crippen MR) is 63.1 cm³/mol. The van der Waals surface area contributed by atoms with Gasteiger partial charge in [-0.2, -0.15) is 10.6 Å². The van der Waals surface area contributed by atoms with Gasteiger partial charge in [-0.1, -0.05) is 18.2 Å². The van der Waals surface area contributed by atoms with E-state index in [0.717, 1.165) is 19.6 Å². The molecule has 0 aliphatic carbocycles. The Balaban J connectivity index is 1.88. The maximum absolute atomic E-state index is 9.46. The molecule has 2 rings (SSSR count). The van der Waals surface area contributed by atoms with Gasteiger partial charge in [0.25, 0.3) is 0 Å². The second kappa shape index (κ2) is 4.53. The minimum atomic E-state index is -2.26. The molecule has 0 aromatic heterocycles. The molecule has 0 amide bonds. The topological polar surface area (TPSA) is 43.7 Å². The molecule has 1 fully saturated rings. The van der Waals surface area contributed by atoms with Crippen LogP contribution in [0.2, 0.25) is 0 Å². The van der Waals surface area contributed by atoms with E-state index in [9.17, 15) is 9.11 Å². The van der Waals surface area contributed by atoms with Crippen molar-refractivity contribution < 1.29 is 9.11 Å². The van der Waals surface area contributed by atoms with Crippen molar-refractivity contribution in [1.29, 1.82) is 0 Å². The summed E-state index contributed by atoms with van der Waals surface area (Å²) in [6.07, 6.45) is 0. The molecule has 1 radical (unpaired) electrons. The number of benzene rings is 1. The first-order chi connectivity index (χ1) is 7.16. The minimum absolute atomic E-state index is 0.517. The molecule has 1 aliphatic rings. The Labute approximate surface area is 92.1 Å². The van der Waals surface area contributed by atoms with Crippen LogP contribution in [0.15, 0.2) is 24.3 Å². The second-order valence-electron chi connectivity index (χ2n) is 3.90. The van der Waals surface area contributed by atoms with Gasteiger partial charge in [0.2, 0.25) is 0 Å². The highest BCUT2D eigenvalue weighted by Gasteiger charge is 2.21. The van der Waals surface area contributed by atoms with Gasteiger partial charge in [-0.15, -0.1) is 0 Å². The molecule has 1 saturated heterocycles. The number of nitrogens with zero attached hydrogens (tertiary/aromatic N) is 1. The van der Waals surface area contributed by atoms with Gasteiger partial charge in [-0.3, -0.25) is 14.0 Å². The fraction of sp³-hybridized carbons (Fsp3) is 0.455. The Morgan fingerprint density at radius 1 is 1.33 bits per heavy atom. The van der Waals surface area contributed by atoms with E-state index in [1.165, 1.54) is 5.56 Å². The normalized spacial score (nSPS) is 23.6. The SMILES string of the molecule is OS1(O)CCN(Cc2c[c]ccc2)CC1. The number of rotatable bonds is 2. The maximum Gasteiger partial charge on any atom is 0.0502 e. The van der Waals surface area contributed by atoms with Crippen molar-refractivity contribution in [2.45, 2.75) is 6.54 Å². The molecule has 0 saturated carbocycles. The van der Waals surface area contributed by atoms with Gasteiger partial charge >= 0.3 is 0 Å². The molecule has 0 spiro atoms. The Kier molecular flexibility index (Phi) is 3.31. The fourth-order valence-corrected chi connectivity index (χ4v) is 3.01. The average Bonchev–Trinajstić information content (AvgIpc) is 2.23. The highest BCUT2D eigenvalue weighted by atomic mass is 32.3. The molecule has 0 atom stereocenters. The van der Waals surface area contributed by atoms with Crippen molar-refractivity contribution in [2.24, 2.45) is 0 Å². The molecule has 3 nitrogen and oxygen atoms in total. The van der Waals surface area contributed by atoms with Gasteiger partial charge in [0.05, 0.1) is 11.5 Å². The first kappa shape index (κ1) is 11.0. The summed E-state index contributed by atoms with van der Waals surface area (Å²) in [5, 5.41) is 0. The van der Waals surface area contributed by atoms with Crippen LogP contribution in [-0.2, 0) is 6.54 Å². The van der Waals surface area contributed by atoms with E-state index in [4.69, 9.17) is 0 Å². The summed E-state index contributed by atoms with van der Waals surface area (Å²) < 4.78 is 18.9. The van der Waals surface area contributed by atoms with E-state index >= 15 is 0 Å². The van der Waals surface area contributed by atoms with Crippen LogP contribution in [0.4, 0.5) is 0 Å². The zero-order chi connectivity index (χ0) is 10.7. The lowest BCUT2D eigenvalue weighted by Gasteiger charge is -2.40. The predicted octanol–water partition coefficient (Wildman–Crippen LogP) is 2.05. The summed E-state index contributed by atoms with van der Waals surface area (Å²) in [6.45, 7) is 2.43. The zero-order valence-electron chi connectivity index (χ0n) is 8.59. The summed E-state index contributed by atoms with van der Waals surface area (Å²) in [5.41, 5.74) is 1.23. The Bertz CT molecular complexity index is 306. The summed E-state index contributed by atoms with van der Waals surface area (Å²) >= 11 is 0. The Morgan fingerprint density at radius 2 is 2.07 bits per heavy atom. The number of hydrogen-bond donors (Lipinski definition) is 2. The second-order valence-corrected chi connectivity index (χ2v) is 6.32. The van der Waals surface area contributed by atoms with Crippen molar-refractivity contribution in [3.63, 3.8) is 0 Å². The van der Waals surface area contributed by atoms with Gasteiger partial charge in [0.1, 0.15) is 0 Å². The maximum atomic E-state index is 9.46. The van der Waals surface area contributed by atoms with Crippen LogP contribution in [0, 0.1) is 6.07 Å². The van der Waals surface area contributed by atoms with E-state index in [1.54, 1.807) is 0 Å². The first-order valence-corrected chi connectivity index (χ1v) is 6.95. The Hall–Kier alpha value is -0.550. The molecule has 15 heavy (non-hydrogen) atoms. The molecule has 1 heterocycles. The summed E-state index contributed by atoms with van der Waals surface area (Å²) in [6, 6.07) is 11.0. The Morgan fingerprint density at radius 3 is 2.67 bits per heavy atom. The van der Waals surface area contributed by atoms with Crippen LogP contribution in [0.1, 0.15) is 5.56 Å². The van der Waals surface area contributed by atoms with Gasteiger partial charge in [0.15, 0.2) is 0 Å². The van der Waals surface area contributed by atoms with Gasteiger partial charge in [0, 0.05) is 19.6 Å². The van der Waals surface area contributed by atoms with Crippen LogP contribution in [0.25, 0.3) is 0 Å². The quantitative estimate of drug-likeness (QED) is 0.811. The first-order valence-electron chi connectivity index (χ1n) is 5.07. The van der Waals surface area contributed by atoms with Crippen LogP contribution in [0.3, 0.4) is 0 Å². The standard InChI is InChI=1S/C11H16NO2S/c13-15(14)8-6-12(7-9-15)10-11-4-2-1-3-5-11/h1-2,4-5,13-14H,6-10H2. The van der Waals surface area contributed by atoms with E-state index in [0.29, 0.717) is 11.5 Å². The van der Waals surface area contributed by atoms with Crippen LogP contribution in [0.5, 0.6) is 0 Å². The third kappa shape index (κ3) is 3.21. The number of hydrogen-bond acceptors (Lipinski definition) is 3. The molecule has 0 unspecified atom stereocenters. The molecular formula is C11H16NO2S. The third-order valence-electron chi connectivity index (χ3n) is 2.65. The van der Waals surface area contributed by atoms with Crippen molar-refractivity contribution in [1.82, 2.24) is 4.90 Å². The fourth-order valence-electron chi connectivity index (χ4n) is 1.71. The lowest BCUT2D eigenvalue weighted by Crippen LogP contribution is -2.37. The lowest BCUT2D eigenvalue weighted by atomic mass is 10.2. The van der Waals surface area contributed by atoms with Gasteiger partial charge < -0.3 is 0 Å². The van der Waals surface area contributed by atoms with Gasteiger partial charge in [-0.05, 0) is 17.7 Å². The highest BCUT2D eigenvalue weighted by molar-refractivity contribution is 8.24. The zero-order valence-corrected chi connectivity index (χ0v) is 9.41. The highest BCUT2D eigenvalue weighted by Crippen LogP contribution is 2.40. The van der Waals surface area contributed by atoms with Crippen molar-refractivity contribution in [2.75, 3.05) is 24.6 Å². The van der Waals surface area contributed by atoms with Crippen LogP contribution in [-0.4, -0.2) is 38.6 Å². The largest absolute Gasteiger partial charge is 0.299 e. The molecule has 1 aromatic carbocycles. The molecule has 4 heteroatoms. The molecular weight excluding hydrogens is 210 g/mol. The van der Waals surface area contributed by atoms with Crippen LogP contribution < -0.4 is 0 Å². The third-order valence-corrected chi connectivity index (χ3v) is 4.32. The van der Waals surface area contributed by atoms with Crippen LogP contribution >= 0.6 is 10.6 Å². The minimum Gasteiger partial charge on any atom is -0.299 e. The van der Waals surface area contributed by atoms with Crippen molar-refractivity contribution in [3.8, 4) is 0 Å². The molecule has 1 aromatic rings. The van der Waals surface area contributed by atoms with Crippen molar-refractivity contribution >= 4 is 10.6 Å². The van der Waals surface area contributed by atoms with E-state index in [-0.39, 0.29) is 0 Å². The average molecular weight is 226 g/mol. The summed E-state index contributed by atoms with van der Waals surface area (Å²) in [7, 11) is -2.26. The lowest BCUT2D eigenvalue weighted by molar-refractivity contribution is 0.278. The van der Waals surface area contributed by atoms with E-state index in [1.807, 2.05) is 18.2 Å². The van der Waals surface area contributed by atoms with E-state index < -0.39 is 10.6 Å². The molecule has 83 valence electrons. The molecule has 2 N–H and O–H groups in total. The molecule has 1 aliphatic heterocycles. The smallest absolute Gasteiger partial charge is 0.0502 e. The van der Waals surface area contributed by atoms with E-state index in [2.05, 4.69) is 17.0 Å². The van der Waals surface area contributed by atoms with Crippen molar-refractivity contribution in [3.05, 3.63) is 35.9 Å². The summed E-state index contributed by atoms with van der Waals surface area (Å²) in [4.78, 5) is 2.25. The van der Waals surface area contributed by atoms with Gasteiger partial charge in [-0.25, -0.2) is 0 Å². The molecule has 0 bridgehead atoms. The summed E-state index contributed by atoms with van der Waals surface area (Å²) in [5.74, 6) is 1.03. The monoisotopic (exact) mass is 226 g/mol.